The van der Waals surface area contributed by atoms with Crippen molar-refractivity contribution in [3.8, 4) is 0 Å². The van der Waals surface area contributed by atoms with Gasteiger partial charge in [0.25, 0.3) is 5.92 Å². The summed E-state index contributed by atoms with van der Waals surface area (Å²) in [6.45, 7) is 8.22. The summed E-state index contributed by atoms with van der Waals surface area (Å²) >= 11 is 0. The summed E-state index contributed by atoms with van der Waals surface area (Å²) in [5, 5.41) is 0. The first-order valence-electron chi connectivity index (χ1n) is 4.68. The monoisotopic (exact) mass is 194 g/mol. The number of hydrogen-bond donors (Lipinski definition) is 0. The topological polar surface area (TPSA) is 9.23 Å². The van der Waals surface area contributed by atoms with E-state index in [1.807, 2.05) is 13.8 Å². The molecule has 0 spiro atoms. The normalized spacial score (nSPS) is 13.8. The highest BCUT2D eigenvalue weighted by Gasteiger charge is 2.42. The highest BCUT2D eigenvalue weighted by Crippen LogP contribution is 2.31. The maximum Gasteiger partial charge on any atom is 0.273 e. The smallest absolute Gasteiger partial charge is 0.273 e. The van der Waals surface area contributed by atoms with Gasteiger partial charge in [-0.25, -0.2) is 8.78 Å². The minimum absolute atomic E-state index is 0.397. The highest BCUT2D eigenvalue weighted by atomic mass is 19.3. The molecule has 0 amide bonds. The number of hydrogen-bond acceptors (Lipinski definition) is 1. The first kappa shape index (κ1) is 12.8. The predicted octanol–water partition coefficient (Wildman–Crippen LogP) is 3.48. The van der Waals surface area contributed by atoms with Gasteiger partial charge in [-0.05, 0) is 26.2 Å². The molecule has 0 bridgehead atoms. The molecular formula is C10H20F2O. The van der Waals surface area contributed by atoms with Crippen molar-refractivity contribution in [1.29, 1.82) is 0 Å². The summed E-state index contributed by atoms with van der Waals surface area (Å²) in [5.74, 6) is -2.30. The van der Waals surface area contributed by atoms with E-state index in [0.29, 0.717) is 12.5 Å². The molecule has 0 radical (unpaired) electrons. The SMILES string of the molecule is CC(C)CCOC(C)(C)C(C)(F)F. The second kappa shape index (κ2) is 4.36. The largest absolute Gasteiger partial charge is 0.369 e. The van der Waals surface area contributed by atoms with E-state index in [-0.39, 0.29) is 0 Å². The van der Waals surface area contributed by atoms with Crippen LogP contribution in [-0.4, -0.2) is 18.1 Å². The molecule has 0 fully saturated rings. The van der Waals surface area contributed by atoms with Crippen molar-refractivity contribution in [2.45, 2.75) is 52.6 Å². The highest BCUT2D eigenvalue weighted by molar-refractivity contribution is 4.82. The Morgan fingerprint density at radius 3 is 1.92 bits per heavy atom. The van der Waals surface area contributed by atoms with Gasteiger partial charge in [0.1, 0.15) is 5.60 Å². The fourth-order valence-electron chi connectivity index (χ4n) is 0.677. The molecule has 0 aliphatic carbocycles. The van der Waals surface area contributed by atoms with Gasteiger partial charge in [0.15, 0.2) is 0 Å². The molecule has 80 valence electrons. The summed E-state index contributed by atoms with van der Waals surface area (Å²) < 4.78 is 31.0. The lowest BCUT2D eigenvalue weighted by Gasteiger charge is -2.31. The van der Waals surface area contributed by atoms with Crippen molar-refractivity contribution in [1.82, 2.24) is 0 Å². The van der Waals surface area contributed by atoms with Crippen LogP contribution < -0.4 is 0 Å². The van der Waals surface area contributed by atoms with Crippen LogP contribution in [0.3, 0.4) is 0 Å². The zero-order valence-electron chi connectivity index (χ0n) is 9.16. The summed E-state index contributed by atoms with van der Waals surface area (Å²) in [6.07, 6.45) is 0.819. The molecule has 0 aromatic rings. The van der Waals surface area contributed by atoms with E-state index >= 15 is 0 Å². The molecular weight excluding hydrogens is 174 g/mol. The predicted molar refractivity (Wildman–Crippen MR) is 50.1 cm³/mol. The Kier molecular flexibility index (Phi) is 4.30. The zero-order chi connectivity index (χ0) is 10.7. The third kappa shape index (κ3) is 4.55. The van der Waals surface area contributed by atoms with E-state index in [4.69, 9.17) is 4.74 Å². The quantitative estimate of drug-likeness (QED) is 0.651. The van der Waals surface area contributed by atoms with Gasteiger partial charge in [0, 0.05) is 13.5 Å². The van der Waals surface area contributed by atoms with Crippen LogP contribution in [0.4, 0.5) is 8.78 Å². The van der Waals surface area contributed by atoms with Crippen molar-refractivity contribution < 1.29 is 13.5 Å². The molecule has 0 saturated carbocycles. The molecule has 0 atom stereocenters. The zero-order valence-corrected chi connectivity index (χ0v) is 9.16. The van der Waals surface area contributed by atoms with E-state index in [1.165, 1.54) is 13.8 Å². The van der Waals surface area contributed by atoms with Crippen molar-refractivity contribution >= 4 is 0 Å². The van der Waals surface area contributed by atoms with Crippen LogP contribution in [0.1, 0.15) is 41.0 Å². The van der Waals surface area contributed by atoms with Crippen LogP contribution in [0.2, 0.25) is 0 Å². The van der Waals surface area contributed by atoms with E-state index in [0.717, 1.165) is 13.3 Å². The summed E-state index contributed by atoms with van der Waals surface area (Å²) in [4.78, 5) is 0. The second-order valence-corrected chi connectivity index (χ2v) is 4.43. The number of rotatable bonds is 5. The van der Waals surface area contributed by atoms with Gasteiger partial charge in [-0.3, -0.25) is 0 Å². The van der Waals surface area contributed by atoms with Crippen molar-refractivity contribution in [2.75, 3.05) is 6.61 Å². The van der Waals surface area contributed by atoms with Gasteiger partial charge in [0.2, 0.25) is 0 Å². The Morgan fingerprint density at radius 2 is 1.62 bits per heavy atom. The third-order valence-corrected chi connectivity index (χ3v) is 2.22. The van der Waals surface area contributed by atoms with Crippen LogP contribution in [0.15, 0.2) is 0 Å². The number of alkyl halides is 2. The van der Waals surface area contributed by atoms with E-state index in [9.17, 15) is 8.78 Å². The lowest BCUT2D eigenvalue weighted by Crippen LogP contribution is -2.43. The molecule has 0 aliphatic rings. The van der Waals surface area contributed by atoms with Crippen LogP contribution in [0.5, 0.6) is 0 Å². The first-order valence-corrected chi connectivity index (χ1v) is 4.68. The van der Waals surface area contributed by atoms with E-state index in [2.05, 4.69) is 0 Å². The number of ether oxygens (including phenoxy) is 1. The molecule has 13 heavy (non-hydrogen) atoms. The van der Waals surface area contributed by atoms with Crippen LogP contribution in [0, 0.1) is 5.92 Å². The maximum atomic E-state index is 12.9. The molecule has 0 aromatic heterocycles. The molecule has 0 N–H and O–H groups in total. The molecule has 0 rings (SSSR count). The van der Waals surface area contributed by atoms with Gasteiger partial charge >= 0.3 is 0 Å². The van der Waals surface area contributed by atoms with Crippen LogP contribution >= 0.6 is 0 Å². The van der Waals surface area contributed by atoms with Crippen molar-refractivity contribution in [3.05, 3.63) is 0 Å². The molecule has 0 heterocycles. The number of halogens is 2. The summed E-state index contributed by atoms with van der Waals surface area (Å²) in [7, 11) is 0. The molecule has 0 saturated heterocycles. The fraction of sp³-hybridized carbons (Fsp3) is 1.00. The second-order valence-electron chi connectivity index (χ2n) is 4.43. The average Bonchev–Trinajstić information content (AvgIpc) is 1.82. The molecule has 0 aromatic carbocycles. The van der Waals surface area contributed by atoms with Crippen LogP contribution in [-0.2, 0) is 4.74 Å². The summed E-state index contributed by atoms with van der Waals surface area (Å²) in [5.41, 5.74) is -1.36. The lowest BCUT2D eigenvalue weighted by atomic mass is 10.0. The molecule has 1 nitrogen and oxygen atoms in total. The molecule has 0 aliphatic heterocycles. The Labute approximate surface area is 79.5 Å². The van der Waals surface area contributed by atoms with Gasteiger partial charge in [-0.2, -0.15) is 0 Å². The molecule has 0 unspecified atom stereocenters. The maximum absolute atomic E-state index is 12.9. The Morgan fingerprint density at radius 1 is 1.15 bits per heavy atom. The van der Waals surface area contributed by atoms with Crippen LogP contribution in [0.25, 0.3) is 0 Å². The van der Waals surface area contributed by atoms with Crippen molar-refractivity contribution in [3.63, 3.8) is 0 Å². The first-order chi connectivity index (χ1) is 5.67. The standard InChI is InChI=1S/C10H20F2O/c1-8(2)6-7-13-9(3,4)10(5,11)12/h8H,6-7H2,1-5H3. The Hall–Kier alpha value is -0.180. The minimum atomic E-state index is -2.79. The fourth-order valence-corrected chi connectivity index (χ4v) is 0.677. The molecule has 3 heteroatoms. The Bertz CT molecular complexity index is 147. The van der Waals surface area contributed by atoms with Gasteiger partial charge in [-0.15, -0.1) is 0 Å². The van der Waals surface area contributed by atoms with E-state index in [1.54, 1.807) is 0 Å². The summed E-state index contributed by atoms with van der Waals surface area (Å²) in [6, 6.07) is 0. The van der Waals surface area contributed by atoms with Crippen molar-refractivity contribution in [2.24, 2.45) is 5.92 Å². The average molecular weight is 194 g/mol. The van der Waals surface area contributed by atoms with Gasteiger partial charge in [0.05, 0.1) is 0 Å². The van der Waals surface area contributed by atoms with Gasteiger partial charge in [-0.1, -0.05) is 13.8 Å². The van der Waals surface area contributed by atoms with E-state index < -0.39 is 11.5 Å². The lowest BCUT2D eigenvalue weighted by molar-refractivity contribution is -0.181. The Balaban J connectivity index is 3.90. The van der Waals surface area contributed by atoms with Gasteiger partial charge < -0.3 is 4.74 Å². The minimum Gasteiger partial charge on any atom is -0.369 e. The third-order valence-electron chi connectivity index (χ3n) is 2.22.